The van der Waals surface area contributed by atoms with E-state index in [1.54, 1.807) is 13.8 Å². The quantitative estimate of drug-likeness (QED) is 0.113. The van der Waals surface area contributed by atoms with Gasteiger partial charge in [-0.15, -0.1) is 0 Å². The molecular formula is C25H38N4O9Si. The molecule has 3 aliphatic heterocycles. The van der Waals surface area contributed by atoms with E-state index < -0.39 is 66.8 Å². The van der Waals surface area contributed by atoms with Crippen molar-refractivity contribution in [2.45, 2.75) is 82.3 Å². The Kier molecular flexibility index (Phi) is 9.04. The lowest BCUT2D eigenvalue weighted by Gasteiger charge is -2.37. The van der Waals surface area contributed by atoms with Gasteiger partial charge in [-0.25, -0.2) is 4.79 Å². The van der Waals surface area contributed by atoms with Crippen molar-refractivity contribution in [1.29, 1.82) is 0 Å². The van der Waals surface area contributed by atoms with E-state index in [1.165, 1.54) is 6.20 Å². The van der Waals surface area contributed by atoms with E-state index in [1.807, 2.05) is 13.8 Å². The van der Waals surface area contributed by atoms with Crippen LogP contribution in [0.4, 0.5) is 4.79 Å². The maximum absolute atomic E-state index is 14.0. The van der Waals surface area contributed by atoms with Crippen LogP contribution in [-0.4, -0.2) is 89.1 Å². The molecule has 3 rings (SSSR count). The highest BCUT2D eigenvalue weighted by Gasteiger charge is 2.59. The number of ketones is 2. The van der Waals surface area contributed by atoms with E-state index in [4.69, 9.17) is 15.2 Å². The fourth-order valence-corrected chi connectivity index (χ4v) is 7.98. The number of aliphatic imine (C=N–C) groups is 1. The van der Waals surface area contributed by atoms with Crippen molar-refractivity contribution in [3.63, 3.8) is 0 Å². The lowest BCUT2D eigenvalue weighted by atomic mass is 9.75. The Balaban J connectivity index is 1.86. The molecule has 0 bridgehead atoms. The zero-order valence-electron chi connectivity index (χ0n) is 22.7. The summed E-state index contributed by atoms with van der Waals surface area (Å²) >= 11 is 0. The number of aliphatic hydroxyl groups excluding tert-OH is 1. The number of aliphatic hydroxyl groups is 1. The molecule has 3 aliphatic rings. The van der Waals surface area contributed by atoms with E-state index in [0.29, 0.717) is 13.0 Å². The summed E-state index contributed by atoms with van der Waals surface area (Å²) in [7, 11) is -4.33. The summed E-state index contributed by atoms with van der Waals surface area (Å²) in [6, 6.07) is -0.397. The number of amides is 2. The fraction of sp³-hybridized carbons (Fsp3) is 0.640. The van der Waals surface area contributed by atoms with Crippen LogP contribution in [-0.2, 0) is 23.9 Å². The van der Waals surface area contributed by atoms with Crippen LogP contribution in [0, 0.1) is 5.92 Å². The van der Waals surface area contributed by atoms with Gasteiger partial charge in [-0.1, -0.05) is 27.7 Å². The molecule has 4 atom stereocenters. The molecule has 216 valence electrons. The standard InChI is InChI=1S/C25H38N4O9Si/c1-5-18(29-23(34)38-15-7-8-37-12-15)39(35,36)13-24(6-2)21(32)17(11-27-24)25(9-14(3)4)20(31)16(10-28-25)19(30)22(26)33/h10-11,14-15,18,27,30,35-36H,5-9,12-13H2,1-4H3,(H2,26,33)(H,29,34)/b19-16-/t15?,18-,24+,25+/m1/s1. The predicted molar refractivity (Wildman–Crippen MR) is 142 cm³/mol. The van der Waals surface area contributed by atoms with Crippen LogP contribution < -0.4 is 16.4 Å². The number of nitrogens with two attached hydrogens (primary N) is 1. The summed E-state index contributed by atoms with van der Waals surface area (Å²) in [4.78, 5) is 78.2. The first-order valence-electron chi connectivity index (χ1n) is 13.1. The van der Waals surface area contributed by atoms with Crippen molar-refractivity contribution in [3.05, 3.63) is 23.1 Å². The Morgan fingerprint density at radius 3 is 2.54 bits per heavy atom. The molecule has 1 unspecified atom stereocenters. The molecule has 0 spiro atoms. The molecule has 1 saturated heterocycles. The van der Waals surface area contributed by atoms with Gasteiger partial charge in [-0.3, -0.25) is 19.4 Å². The number of Topliss-reactive ketones (excluding diaryl/α,β-unsaturated/α-hetero) is 2. The van der Waals surface area contributed by atoms with Gasteiger partial charge >= 0.3 is 14.7 Å². The molecule has 13 nitrogen and oxygen atoms in total. The second-order valence-corrected chi connectivity index (χ2v) is 13.5. The molecule has 7 N–H and O–H groups in total. The summed E-state index contributed by atoms with van der Waals surface area (Å²) in [5, 5.41) is 15.6. The van der Waals surface area contributed by atoms with E-state index in [-0.39, 0.29) is 42.9 Å². The topological polar surface area (TPSA) is 210 Å². The number of nitrogens with zero attached hydrogens (tertiary/aromatic N) is 1. The third-order valence-electron chi connectivity index (χ3n) is 7.43. The Morgan fingerprint density at radius 1 is 1.31 bits per heavy atom. The van der Waals surface area contributed by atoms with Crippen LogP contribution in [0.15, 0.2) is 28.1 Å². The number of carbonyl (C=O) groups excluding carboxylic acids is 4. The second-order valence-electron chi connectivity index (χ2n) is 10.7. The minimum Gasteiger partial charge on any atom is -0.502 e. The largest absolute Gasteiger partial charge is 0.502 e. The van der Waals surface area contributed by atoms with Crippen molar-refractivity contribution in [2.75, 3.05) is 13.2 Å². The Labute approximate surface area is 227 Å². The first-order valence-corrected chi connectivity index (χ1v) is 15.3. The number of primary amides is 1. The maximum Gasteiger partial charge on any atom is 0.407 e. The summed E-state index contributed by atoms with van der Waals surface area (Å²) < 4.78 is 10.5. The maximum atomic E-state index is 14.0. The van der Waals surface area contributed by atoms with Gasteiger partial charge in [0.25, 0.3) is 5.91 Å². The summed E-state index contributed by atoms with van der Waals surface area (Å²) in [6.45, 7) is 7.76. The van der Waals surface area contributed by atoms with Crippen LogP contribution in [0.5, 0.6) is 0 Å². The van der Waals surface area contributed by atoms with E-state index in [2.05, 4.69) is 15.6 Å². The van der Waals surface area contributed by atoms with Gasteiger partial charge in [0.1, 0.15) is 11.6 Å². The van der Waals surface area contributed by atoms with Crippen molar-refractivity contribution < 1.29 is 43.3 Å². The van der Waals surface area contributed by atoms with Crippen LogP contribution >= 0.6 is 0 Å². The summed E-state index contributed by atoms with van der Waals surface area (Å²) in [6.07, 6.45) is 2.11. The third kappa shape index (κ3) is 5.93. The number of hydrogen-bond acceptors (Lipinski definition) is 11. The molecular weight excluding hydrogens is 528 g/mol. The van der Waals surface area contributed by atoms with E-state index in [9.17, 15) is 33.9 Å². The molecule has 0 aliphatic carbocycles. The van der Waals surface area contributed by atoms with Crippen LogP contribution in [0.3, 0.4) is 0 Å². The number of nitrogens with one attached hydrogen (secondary N) is 2. The van der Waals surface area contributed by atoms with Gasteiger partial charge in [0.05, 0.1) is 24.5 Å². The molecule has 3 heterocycles. The summed E-state index contributed by atoms with van der Waals surface area (Å²) in [5.74, 6) is -3.58. The lowest BCUT2D eigenvalue weighted by molar-refractivity contribution is -0.124. The molecule has 2 amide bonds. The van der Waals surface area contributed by atoms with Gasteiger partial charge in [-0.05, 0) is 25.2 Å². The number of rotatable bonds is 11. The van der Waals surface area contributed by atoms with Crippen molar-refractivity contribution in [3.8, 4) is 0 Å². The van der Waals surface area contributed by atoms with Gasteiger partial charge in [-0.2, -0.15) is 0 Å². The Hall–Kier alpha value is -3.07. The van der Waals surface area contributed by atoms with Gasteiger partial charge in [0.15, 0.2) is 17.1 Å². The number of ether oxygens (including phenoxy) is 2. The second kappa shape index (κ2) is 11.6. The average Bonchev–Trinajstić information content (AvgIpc) is 3.56. The van der Waals surface area contributed by atoms with Gasteiger partial charge in [0.2, 0.25) is 5.78 Å². The zero-order valence-corrected chi connectivity index (χ0v) is 23.7. The fourth-order valence-electron chi connectivity index (χ4n) is 5.32. The van der Waals surface area contributed by atoms with Crippen molar-refractivity contribution in [1.82, 2.24) is 10.6 Å². The molecule has 39 heavy (non-hydrogen) atoms. The molecule has 0 aromatic heterocycles. The smallest absolute Gasteiger partial charge is 0.407 e. The Morgan fingerprint density at radius 2 is 2.00 bits per heavy atom. The summed E-state index contributed by atoms with van der Waals surface area (Å²) in [5.41, 5.74) is 0.492. The first-order chi connectivity index (χ1) is 18.2. The van der Waals surface area contributed by atoms with Crippen LogP contribution in [0.25, 0.3) is 0 Å². The van der Waals surface area contributed by atoms with Crippen LogP contribution in [0.2, 0.25) is 6.04 Å². The van der Waals surface area contributed by atoms with Crippen molar-refractivity contribution in [2.24, 2.45) is 16.6 Å². The molecule has 1 fully saturated rings. The number of alkyl carbamates (subject to hydrolysis) is 1. The molecule has 0 aromatic carbocycles. The SMILES string of the molecule is CC[C@H](NC(=O)OC1CCOC1)[Si](O)(O)C[C@]1(CC)NC=C([C@]2(CC(C)C)N=C/C(=C(/O)C(N)=O)C2=O)C1=O. The number of carbonyl (C=O) groups is 4. The Bertz CT molecular complexity index is 1110. The zero-order chi connectivity index (χ0) is 29.2. The molecule has 14 heteroatoms. The lowest BCUT2D eigenvalue weighted by Crippen LogP contribution is -2.63. The van der Waals surface area contributed by atoms with Gasteiger partial charge < -0.3 is 40.5 Å². The number of hydrogen-bond donors (Lipinski definition) is 6. The third-order valence-corrected chi connectivity index (χ3v) is 10.2. The van der Waals surface area contributed by atoms with E-state index >= 15 is 0 Å². The van der Waals surface area contributed by atoms with Crippen LogP contribution in [0.1, 0.15) is 53.4 Å². The monoisotopic (exact) mass is 566 g/mol. The highest BCUT2D eigenvalue weighted by Crippen LogP contribution is 2.43. The van der Waals surface area contributed by atoms with Crippen molar-refractivity contribution >= 4 is 38.3 Å². The highest BCUT2D eigenvalue weighted by atomic mass is 28.4. The first kappa shape index (κ1) is 30.5. The molecule has 0 aromatic rings. The van der Waals surface area contributed by atoms with E-state index in [0.717, 1.165) is 6.21 Å². The molecule has 0 saturated carbocycles. The normalized spacial score (nSPS) is 28.9. The highest BCUT2D eigenvalue weighted by molar-refractivity contribution is 6.67. The minimum atomic E-state index is -4.33. The predicted octanol–water partition coefficient (Wildman–Crippen LogP) is 0.187. The minimum absolute atomic E-state index is 0.0157. The molecule has 0 radical (unpaired) electrons. The average molecular weight is 567 g/mol. The van der Waals surface area contributed by atoms with Gasteiger partial charge in [0, 0.05) is 30.5 Å².